The lowest BCUT2D eigenvalue weighted by Crippen LogP contribution is -2.61. The molecule has 0 saturated carbocycles. The molecule has 2 N–H and O–H groups in total. The van der Waals surface area contributed by atoms with Crippen LogP contribution in [0.1, 0.15) is 85.5 Å². The van der Waals surface area contributed by atoms with Gasteiger partial charge in [0, 0.05) is 101 Å². The van der Waals surface area contributed by atoms with Gasteiger partial charge in [0.15, 0.2) is 0 Å². The normalized spacial score (nSPS) is 24.1. The molecular weight excluding hydrogens is 790 g/mol. The number of hydrogen-bond acceptors (Lipinski definition) is 10. The first-order valence-corrected chi connectivity index (χ1v) is 22.5. The van der Waals surface area contributed by atoms with E-state index in [1.807, 2.05) is 32.9 Å². The lowest BCUT2D eigenvalue weighted by molar-refractivity contribution is -0.138. The van der Waals surface area contributed by atoms with Crippen LogP contribution in [0.2, 0.25) is 0 Å². The minimum atomic E-state index is -0.803. The smallest absolute Gasteiger partial charge is 0.255 e. The van der Waals surface area contributed by atoms with E-state index in [4.69, 9.17) is 4.74 Å². The van der Waals surface area contributed by atoms with E-state index in [1.54, 1.807) is 41.2 Å². The largest absolute Gasteiger partial charge is 0.506 e. The zero-order valence-corrected chi connectivity index (χ0v) is 36.5. The Morgan fingerprint density at radius 2 is 1.44 bits per heavy atom. The average Bonchev–Trinajstić information content (AvgIpc) is 3.59. The van der Waals surface area contributed by atoms with Crippen LogP contribution in [0.15, 0.2) is 48.5 Å². The Morgan fingerprint density at radius 1 is 0.790 bits per heavy atom. The van der Waals surface area contributed by atoms with Gasteiger partial charge in [-0.05, 0) is 112 Å². The number of anilines is 3. The number of β-lactam (4-membered cyclic amide) rings is 1. The van der Waals surface area contributed by atoms with Crippen LogP contribution in [0.25, 0.3) is 0 Å². The number of piperazine rings is 1. The van der Waals surface area contributed by atoms with E-state index in [9.17, 15) is 24.3 Å². The van der Waals surface area contributed by atoms with E-state index < -0.39 is 17.5 Å². The maximum Gasteiger partial charge on any atom is 0.255 e. The summed E-state index contributed by atoms with van der Waals surface area (Å²) in [6, 6.07) is 13.4. The highest BCUT2D eigenvalue weighted by atomic mass is 19.1. The molecule has 14 heteroatoms. The highest BCUT2D eigenvalue weighted by molar-refractivity contribution is 6.07. The number of methoxy groups -OCH3 is 1. The minimum absolute atomic E-state index is 0.0111. The molecule has 3 aromatic carbocycles. The second-order valence-corrected chi connectivity index (χ2v) is 19.0. The van der Waals surface area contributed by atoms with Gasteiger partial charge in [-0.1, -0.05) is 6.07 Å². The number of carbonyl (C=O) groups is 4. The Morgan fingerprint density at radius 3 is 2.06 bits per heavy atom. The van der Waals surface area contributed by atoms with Crippen molar-refractivity contribution in [3.8, 4) is 11.5 Å². The molecule has 0 bridgehead atoms. The molecule has 6 heterocycles. The molecule has 3 aromatic rings. The molecule has 62 heavy (non-hydrogen) atoms. The quantitative estimate of drug-likeness (QED) is 0.200. The van der Waals surface area contributed by atoms with Crippen molar-refractivity contribution in [3.05, 3.63) is 76.6 Å². The summed E-state index contributed by atoms with van der Waals surface area (Å²) in [5.41, 5.74) is 4.38. The molecule has 6 aliphatic rings. The first kappa shape index (κ1) is 42.1. The second-order valence-electron chi connectivity index (χ2n) is 19.0. The van der Waals surface area contributed by atoms with Crippen LogP contribution in [0.5, 0.6) is 11.5 Å². The SMILES string of the molecule is COc1cc(N2CCC(CN3CCN(CC4CCN(c5ccc6c(c5)CN([C@H]5CCC(=O)NC5=O)C6=O)CC4)CC3)CC2)c(F)cc1[C@@H]1N(c2cc(C)ccc2O)C(=O)C1(C)C. The summed E-state index contributed by atoms with van der Waals surface area (Å²) in [5.74, 6) is 0.504. The second kappa shape index (κ2) is 16.8. The number of aryl methyl sites for hydroxylation is 1. The molecule has 4 amide bonds. The highest BCUT2D eigenvalue weighted by Crippen LogP contribution is 2.56. The van der Waals surface area contributed by atoms with Gasteiger partial charge in [-0.3, -0.25) is 29.4 Å². The maximum atomic E-state index is 16.1. The summed E-state index contributed by atoms with van der Waals surface area (Å²) in [4.78, 5) is 63.6. The monoisotopic (exact) mass is 849 g/mol. The van der Waals surface area contributed by atoms with E-state index in [0.717, 1.165) is 108 Å². The summed E-state index contributed by atoms with van der Waals surface area (Å²) in [6.07, 6.45) is 4.85. The number of phenolic OH excluding ortho intramolecular Hbond substituents is 1. The van der Waals surface area contributed by atoms with E-state index >= 15 is 4.39 Å². The summed E-state index contributed by atoms with van der Waals surface area (Å²) < 4.78 is 22.0. The number of nitrogens with one attached hydrogen (secondary N) is 1. The average molecular weight is 850 g/mol. The van der Waals surface area contributed by atoms with Crippen molar-refractivity contribution in [2.24, 2.45) is 17.3 Å². The Bertz CT molecular complexity index is 2240. The lowest BCUT2D eigenvalue weighted by atomic mass is 9.70. The number of aromatic hydroxyl groups is 1. The molecular formula is C48H60FN7O6. The Kier molecular flexibility index (Phi) is 11.4. The Labute approximate surface area is 363 Å². The van der Waals surface area contributed by atoms with Crippen molar-refractivity contribution in [1.82, 2.24) is 20.0 Å². The van der Waals surface area contributed by atoms with Crippen LogP contribution in [-0.4, -0.2) is 122 Å². The molecule has 5 saturated heterocycles. The van der Waals surface area contributed by atoms with E-state index in [2.05, 4.69) is 31.0 Å². The fourth-order valence-corrected chi connectivity index (χ4v) is 11.0. The number of rotatable bonds is 10. The Hall–Kier alpha value is -5.21. The number of benzene rings is 3. The van der Waals surface area contributed by atoms with Gasteiger partial charge in [-0.15, -0.1) is 0 Å². The molecule has 13 nitrogen and oxygen atoms in total. The molecule has 0 radical (unpaired) electrons. The fourth-order valence-electron chi connectivity index (χ4n) is 11.0. The van der Waals surface area contributed by atoms with Gasteiger partial charge in [-0.2, -0.15) is 0 Å². The number of carbonyl (C=O) groups excluding carboxylic acids is 4. The maximum absolute atomic E-state index is 16.1. The molecule has 5 fully saturated rings. The van der Waals surface area contributed by atoms with Gasteiger partial charge in [0.2, 0.25) is 17.7 Å². The molecule has 0 aromatic heterocycles. The third kappa shape index (κ3) is 7.89. The van der Waals surface area contributed by atoms with Crippen LogP contribution >= 0.6 is 0 Å². The zero-order chi connectivity index (χ0) is 43.4. The van der Waals surface area contributed by atoms with Crippen molar-refractivity contribution in [2.75, 3.05) is 87.3 Å². The number of hydrogen-bond donors (Lipinski definition) is 2. The van der Waals surface area contributed by atoms with Crippen molar-refractivity contribution < 1.29 is 33.4 Å². The van der Waals surface area contributed by atoms with Crippen molar-refractivity contribution >= 4 is 40.7 Å². The van der Waals surface area contributed by atoms with Crippen LogP contribution in [0, 0.1) is 30.0 Å². The van der Waals surface area contributed by atoms with Gasteiger partial charge < -0.3 is 34.3 Å². The molecule has 6 aliphatic heterocycles. The zero-order valence-electron chi connectivity index (χ0n) is 36.5. The molecule has 0 unspecified atom stereocenters. The van der Waals surface area contributed by atoms with Gasteiger partial charge >= 0.3 is 0 Å². The first-order valence-electron chi connectivity index (χ1n) is 22.5. The minimum Gasteiger partial charge on any atom is -0.506 e. The van der Waals surface area contributed by atoms with E-state index in [-0.39, 0.29) is 41.6 Å². The van der Waals surface area contributed by atoms with Gasteiger partial charge in [0.05, 0.1) is 29.9 Å². The topological polar surface area (TPSA) is 129 Å². The molecule has 9 rings (SSSR count). The third-order valence-electron chi connectivity index (χ3n) is 14.6. The van der Waals surface area contributed by atoms with Crippen molar-refractivity contribution in [3.63, 3.8) is 0 Å². The number of phenols is 1. The number of imide groups is 1. The van der Waals surface area contributed by atoms with Gasteiger partial charge in [0.1, 0.15) is 23.4 Å². The number of ether oxygens (including phenoxy) is 1. The number of fused-ring (bicyclic) bond motifs is 1. The molecule has 330 valence electrons. The molecule has 0 spiro atoms. The lowest BCUT2D eigenvalue weighted by Gasteiger charge is -2.53. The van der Waals surface area contributed by atoms with Gasteiger partial charge in [-0.25, -0.2) is 4.39 Å². The van der Waals surface area contributed by atoms with Crippen LogP contribution in [0.4, 0.5) is 21.5 Å². The van der Waals surface area contributed by atoms with Crippen LogP contribution < -0.4 is 24.8 Å². The first-order chi connectivity index (χ1) is 29.8. The van der Waals surface area contributed by atoms with Crippen molar-refractivity contribution in [1.29, 1.82) is 0 Å². The van der Waals surface area contributed by atoms with E-state index in [0.29, 0.717) is 53.1 Å². The Balaban J connectivity index is 0.727. The summed E-state index contributed by atoms with van der Waals surface area (Å²) >= 11 is 0. The van der Waals surface area contributed by atoms with Crippen LogP contribution in [-0.2, 0) is 20.9 Å². The van der Waals surface area contributed by atoms with Crippen LogP contribution in [0.3, 0.4) is 0 Å². The number of nitrogens with zero attached hydrogens (tertiary/aromatic N) is 6. The molecule has 0 aliphatic carbocycles. The summed E-state index contributed by atoms with van der Waals surface area (Å²) in [5, 5.41) is 13.1. The highest BCUT2D eigenvalue weighted by Gasteiger charge is 2.57. The molecule has 2 atom stereocenters. The number of amides is 4. The third-order valence-corrected chi connectivity index (χ3v) is 14.6. The predicted octanol–water partition coefficient (Wildman–Crippen LogP) is 5.47. The van der Waals surface area contributed by atoms with Crippen molar-refractivity contribution in [2.45, 2.75) is 77.9 Å². The van der Waals surface area contributed by atoms with Gasteiger partial charge in [0.25, 0.3) is 5.91 Å². The number of halogens is 1. The summed E-state index contributed by atoms with van der Waals surface area (Å²) in [7, 11) is 1.59. The summed E-state index contributed by atoms with van der Waals surface area (Å²) in [6.45, 7) is 16.0. The fraction of sp³-hybridized carbons (Fsp3) is 0.542. The predicted molar refractivity (Wildman–Crippen MR) is 235 cm³/mol. The standard InChI is InChI=1S/C48H60FN7O6/c1-30-5-9-41(57)40(23-30)56-44(48(2,3)47(56)61)36-25-37(49)39(26-42(36)62-4)54-17-13-32(14-18-54)28-52-21-19-51(20-22-52)27-31-11-15-53(16-12-31)34-6-7-35-33(24-34)29-55(46(35)60)38-8-10-43(58)50-45(38)59/h5-7,9,23-26,31-32,38,44,57H,8,10-22,27-29H2,1-4H3,(H,50,58,59)/t38-,44-/m0/s1. The van der Waals surface area contributed by atoms with E-state index in [1.165, 1.54) is 6.07 Å². The number of piperidine rings is 3.